The first kappa shape index (κ1) is 13.2. The van der Waals surface area contributed by atoms with Crippen LogP contribution in [0, 0.1) is 5.41 Å². The monoisotopic (exact) mass is 228 g/mol. The van der Waals surface area contributed by atoms with Gasteiger partial charge in [-0.25, -0.2) is 0 Å². The molecule has 16 heavy (non-hydrogen) atoms. The maximum absolute atomic E-state index is 11.7. The first-order valence-corrected chi connectivity index (χ1v) is 5.63. The lowest BCUT2D eigenvalue weighted by Crippen LogP contribution is -2.35. The van der Waals surface area contributed by atoms with E-state index in [9.17, 15) is 9.59 Å². The number of rotatable bonds is 3. The van der Waals surface area contributed by atoms with E-state index in [1.165, 1.54) is 0 Å². The molecular weight excluding hydrogens is 208 g/mol. The van der Waals surface area contributed by atoms with E-state index in [1.807, 2.05) is 20.8 Å². The summed E-state index contributed by atoms with van der Waals surface area (Å²) < 4.78 is 10.4. The Morgan fingerprint density at radius 2 is 1.94 bits per heavy atom. The summed E-state index contributed by atoms with van der Waals surface area (Å²) in [6.45, 7) is 6.55. The van der Waals surface area contributed by atoms with Gasteiger partial charge in [-0.1, -0.05) is 0 Å². The van der Waals surface area contributed by atoms with Gasteiger partial charge in [-0.3, -0.25) is 4.79 Å². The maximum Gasteiger partial charge on any atom is 0.307 e. The second-order valence-corrected chi connectivity index (χ2v) is 5.36. The molecule has 0 amide bonds. The summed E-state index contributed by atoms with van der Waals surface area (Å²) in [5.74, 6) is -0.304. The first-order chi connectivity index (χ1) is 7.37. The topological polar surface area (TPSA) is 52.6 Å². The summed E-state index contributed by atoms with van der Waals surface area (Å²) in [6, 6.07) is 0. The molecule has 92 valence electrons. The summed E-state index contributed by atoms with van der Waals surface area (Å²) in [7, 11) is 0. The van der Waals surface area contributed by atoms with Gasteiger partial charge in [0, 0.05) is 18.6 Å². The van der Waals surface area contributed by atoms with Crippen molar-refractivity contribution in [1.82, 2.24) is 0 Å². The third kappa shape index (κ3) is 3.93. The maximum atomic E-state index is 11.7. The van der Waals surface area contributed by atoms with E-state index in [4.69, 9.17) is 9.47 Å². The molecule has 0 unspecified atom stereocenters. The molecule has 1 heterocycles. The first-order valence-electron chi connectivity index (χ1n) is 5.63. The van der Waals surface area contributed by atoms with Gasteiger partial charge in [-0.05, 0) is 33.6 Å². The fourth-order valence-electron chi connectivity index (χ4n) is 1.78. The van der Waals surface area contributed by atoms with Crippen molar-refractivity contribution in [3.05, 3.63) is 0 Å². The van der Waals surface area contributed by atoms with Crippen LogP contribution in [0.5, 0.6) is 0 Å². The van der Waals surface area contributed by atoms with Gasteiger partial charge in [-0.15, -0.1) is 0 Å². The van der Waals surface area contributed by atoms with Crippen molar-refractivity contribution in [3.63, 3.8) is 0 Å². The van der Waals surface area contributed by atoms with E-state index < -0.39 is 11.0 Å². The van der Waals surface area contributed by atoms with Gasteiger partial charge in [0.25, 0.3) is 0 Å². The Balaban J connectivity index is 2.56. The molecule has 0 aliphatic carbocycles. The summed E-state index contributed by atoms with van der Waals surface area (Å²) in [5, 5.41) is 0. The second-order valence-electron chi connectivity index (χ2n) is 5.36. The van der Waals surface area contributed by atoms with Crippen LogP contribution in [-0.2, 0) is 19.1 Å². The van der Waals surface area contributed by atoms with Crippen LogP contribution in [0.3, 0.4) is 0 Å². The number of esters is 1. The van der Waals surface area contributed by atoms with Crippen molar-refractivity contribution < 1.29 is 19.1 Å². The second kappa shape index (κ2) is 4.95. The predicted octanol–water partition coefficient (Wildman–Crippen LogP) is 1.71. The summed E-state index contributed by atoms with van der Waals surface area (Å²) in [6.07, 6.45) is 2.27. The largest absolute Gasteiger partial charge is 0.460 e. The number of hydrogen-bond acceptors (Lipinski definition) is 4. The molecule has 0 spiro atoms. The zero-order valence-corrected chi connectivity index (χ0v) is 10.2. The van der Waals surface area contributed by atoms with Crippen LogP contribution >= 0.6 is 0 Å². The van der Waals surface area contributed by atoms with Crippen LogP contribution in [-0.4, -0.2) is 31.1 Å². The van der Waals surface area contributed by atoms with Gasteiger partial charge in [0.15, 0.2) is 0 Å². The van der Waals surface area contributed by atoms with Gasteiger partial charge in [0.1, 0.15) is 11.9 Å². The van der Waals surface area contributed by atoms with Crippen LogP contribution in [0.1, 0.15) is 40.0 Å². The van der Waals surface area contributed by atoms with Crippen molar-refractivity contribution in [2.45, 2.75) is 45.6 Å². The van der Waals surface area contributed by atoms with Gasteiger partial charge < -0.3 is 14.3 Å². The third-order valence-corrected chi connectivity index (χ3v) is 2.66. The Labute approximate surface area is 96.3 Å². The lowest BCUT2D eigenvalue weighted by atomic mass is 9.79. The molecule has 4 nitrogen and oxygen atoms in total. The van der Waals surface area contributed by atoms with E-state index >= 15 is 0 Å². The van der Waals surface area contributed by atoms with E-state index in [1.54, 1.807) is 0 Å². The fraction of sp³-hybridized carbons (Fsp3) is 0.833. The molecule has 1 aliphatic rings. The molecule has 1 aliphatic heterocycles. The van der Waals surface area contributed by atoms with Crippen molar-refractivity contribution in [2.24, 2.45) is 5.41 Å². The molecule has 0 bridgehead atoms. The van der Waals surface area contributed by atoms with Gasteiger partial charge in [-0.2, -0.15) is 0 Å². The molecule has 1 saturated heterocycles. The zero-order chi connectivity index (χ0) is 12.2. The van der Waals surface area contributed by atoms with Crippen molar-refractivity contribution in [3.8, 4) is 0 Å². The van der Waals surface area contributed by atoms with Crippen LogP contribution in [0.15, 0.2) is 0 Å². The molecule has 0 atom stereocenters. The third-order valence-electron chi connectivity index (χ3n) is 2.66. The van der Waals surface area contributed by atoms with E-state index in [0.717, 1.165) is 6.29 Å². The number of hydrogen-bond donors (Lipinski definition) is 0. The molecule has 0 saturated carbocycles. The highest BCUT2D eigenvalue weighted by atomic mass is 16.6. The molecule has 4 heteroatoms. The Hall–Kier alpha value is -0.900. The number of carbonyl (C=O) groups excluding carboxylic acids is 2. The van der Waals surface area contributed by atoms with Crippen LogP contribution < -0.4 is 0 Å². The Bertz CT molecular complexity index is 259. The van der Waals surface area contributed by atoms with Crippen LogP contribution in [0.2, 0.25) is 0 Å². The van der Waals surface area contributed by atoms with Gasteiger partial charge >= 0.3 is 5.97 Å². The minimum atomic E-state index is -0.569. The zero-order valence-electron chi connectivity index (χ0n) is 10.2. The Kier molecular flexibility index (Phi) is 4.08. The quantitative estimate of drug-likeness (QED) is 0.545. The highest BCUT2D eigenvalue weighted by molar-refractivity contribution is 5.76. The summed E-state index contributed by atoms with van der Waals surface area (Å²) in [4.78, 5) is 22.8. The van der Waals surface area contributed by atoms with Gasteiger partial charge in [0.05, 0.1) is 6.42 Å². The summed E-state index contributed by atoms with van der Waals surface area (Å²) >= 11 is 0. The van der Waals surface area contributed by atoms with E-state index in [0.29, 0.717) is 26.1 Å². The van der Waals surface area contributed by atoms with Crippen molar-refractivity contribution in [1.29, 1.82) is 0 Å². The van der Waals surface area contributed by atoms with Crippen molar-refractivity contribution >= 4 is 12.3 Å². The minimum absolute atomic E-state index is 0.164. The standard InChI is InChI=1S/C12H20O4/c1-11(2,3)16-10(14)8-12(9-13)4-6-15-7-5-12/h9H,4-8H2,1-3H3. The molecule has 0 radical (unpaired) electrons. The Morgan fingerprint density at radius 1 is 1.38 bits per heavy atom. The van der Waals surface area contributed by atoms with Crippen LogP contribution in [0.25, 0.3) is 0 Å². The van der Waals surface area contributed by atoms with Crippen molar-refractivity contribution in [2.75, 3.05) is 13.2 Å². The smallest absolute Gasteiger partial charge is 0.307 e. The SMILES string of the molecule is CC(C)(C)OC(=O)CC1(C=O)CCOCC1. The van der Waals surface area contributed by atoms with E-state index in [-0.39, 0.29) is 12.4 Å². The highest BCUT2D eigenvalue weighted by Crippen LogP contribution is 2.32. The fourth-order valence-corrected chi connectivity index (χ4v) is 1.78. The van der Waals surface area contributed by atoms with E-state index in [2.05, 4.69) is 0 Å². The highest BCUT2D eigenvalue weighted by Gasteiger charge is 2.36. The van der Waals surface area contributed by atoms with Crippen LogP contribution in [0.4, 0.5) is 0 Å². The van der Waals surface area contributed by atoms with Gasteiger partial charge in [0.2, 0.25) is 0 Å². The number of carbonyl (C=O) groups is 2. The number of aldehydes is 1. The molecule has 1 rings (SSSR count). The molecule has 0 N–H and O–H groups in total. The average molecular weight is 228 g/mol. The molecule has 0 aromatic carbocycles. The predicted molar refractivity (Wildman–Crippen MR) is 59.0 cm³/mol. The molecule has 0 aromatic rings. The average Bonchev–Trinajstić information content (AvgIpc) is 2.16. The Morgan fingerprint density at radius 3 is 2.38 bits per heavy atom. The number of ether oxygens (including phenoxy) is 2. The molecule has 1 fully saturated rings. The minimum Gasteiger partial charge on any atom is -0.460 e. The molecular formula is C12H20O4. The summed E-state index contributed by atoms with van der Waals surface area (Å²) in [5.41, 5.74) is -1.06. The lowest BCUT2D eigenvalue weighted by molar-refractivity contribution is -0.160. The normalized spacial score (nSPS) is 20.2. The lowest BCUT2D eigenvalue weighted by Gasteiger charge is -2.32. The molecule has 0 aromatic heterocycles.